The first-order valence-corrected chi connectivity index (χ1v) is 7.94. The van der Waals surface area contributed by atoms with Gasteiger partial charge in [-0.1, -0.05) is 24.3 Å². The van der Waals surface area contributed by atoms with Gasteiger partial charge in [0.15, 0.2) is 5.78 Å². The van der Waals surface area contributed by atoms with Crippen LogP contribution in [0.1, 0.15) is 40.0 Å². The lowest BCUT2D eigenvalue weighted by molar-refractivity contribution is 0.0988. The lowest BCUT2D eigenvalue weighted by atomic mass is 9.99. The molecule has 0 spiro atoms. The number of aromatic nitrogens is 1. The SMILES string of the molecule is COC(N)=NC1(c2cccc(CC(=O)c3ccc(C#N)cn3)c2)CC1. The molecule has 3 rings (SSSR count). The molecule has 2 aromatic rings. The molecule has 25 heavy (non-hydrogen) atoms. The van der Waals surface area contributed by atoms with Crippen molar-refractivity contribution in [3.8, 4) is 6.07 Å². The highest BCUT2D eigenvalue weighted by molar-refractivity contribution is 5.95. The fraction of sp³-hybridized carbons (Fsp3) is 0.263. The van der Waals surface area contributed by atoms with Crippen molar-refractivity contribution in [3.05, 3.63) is 65.0 Å². The Labute approximate surface area is 146 Å². The number of rotatable bonds is 5. The van der Waals surface area contributed by atoms with Crippen molar-refractivity contribution >= 4 is 11.8 Å². The maximum Gasteiger partial charge on any atom is 0.282 e. The lowest BCUT2D eigenvalue weighted by Gasteiger charge is -2.13. The Hall–Kier alpha value is -3.20. The molecule has 0 bridgehead atoms. The molecule has 126 valence electrons. The van der Waals surface area contributed by atoms with Crippen molar-refractivity contribution in [1.82, 2.24) is 4.98 Å². The van der Waals surface area contributed by atoms with E-state index in [0.29, 0.717) is 11.3 Å². The number of carbonyl (C=O) groups is 1. The van der Waals surface area contributed by atoms with E-state index in [1.54, 1.807) is 12.1 Å². The second kappa shape index (κ2) is 6.73. The van der Waals surface area contributed by atoms with Gasteiger partial charge in [-0.15, -0.1) is 0 Å². The topological polar surface area (TPSA) is 101 Å². The molecule has 0 unspecified atom stereocenters. The number of nitrogens with zero attached hydrogens (tertiary/aromatic N) is 3. The maximum atomic E-state index is 12.4. The Morgan fingerprint density at radius 3 is 2.80 bits per heavy atom. The number of methoxy groups -OCH3 is 1. The van der Waals surface area contributed by atoms with E-state index in [4.69, 9.17) is 15.7 Å². The Bertz CT molecular complexity index is 862. The third-order valence-corrected chi connectivity index (χ3v) is 4.26. The lowest BCUT2D eigenvalue weighted by Crippen LogP contribution is -2.18. The zero-order valence-corrected chi connectivity index (χ0v) is 13.9. The van der Waals surface area contributed by atoms with Crippen LogP contribution < -0.4 is 5.73 Å². The van der Waals surface area contributed by atoms with Crippen LogP contribution in [-0.2, 0) is 16.7 Å². The Balaban J connectivity index is 1.78. The largest absolute Gasteiger partial charge is 0.469 e. The van der Waals surface area contributed by atoms with E-state index in [1.165, 1.54) is 13.3 Å². The summed E-state index contributed by atoms with van der Waals surface area (Å²) in [4.78, 5) is 20.9. The summed E-state index contributed by atoms with van der Waals surface area (Å²) in [5, 5.41) is 8.79. The molecule has 0 radical (unpaired) electrons. The fourth-order valence-electron chi connectivity index (χ4n) is 2.71. The van der Waals surface area contributed by atoms with E-state index in [0.717, 1.165) is 24.0 Å². The van der Waals surface area contributed by atoms with E-state index < -0.39 is 0 Å². The van der Waals surface area contributed by atoms with Gasteiger partial charge < -0.3 is 10.5 Å². The summed E-state index contributed by atoms with van der Waals surface area (Å²) in [6.07, 6.45) is 3.47. The van der Waals surface area contributed by atoms with Crippen LogP contribution >= 0.6 is 0 Å². The summed E-state index contributed by atoms with van der Waals surface area (Å²) in [7, 11) is 1.49. The molecule has 0 atom stereocenters. The van der Waals surface area contributed by atoms with Gasteiger partial charge in [0.25, 0.3) is 6.02 Å². The van der Waals surface area contributed by atoms with Crippen molar-refractivity contribution < 1.29 is 9.53 Å². The van der Waals surface area contributed by atoms with Gasteiger partial charge in [-0.2, -0.15) is 5.26 Å². The number of pyridine rings is 1. The molecule has 1 fully saturated rings. The van der Waals surface area contributed by atoms with Crippen LogP contribution in [-0.4, -0.2) is 23.9 Å². The number of hydrogen-bond acceptors (Lipinski definition) is 5. The molecule has 1 aliphatic carbocycles. The summed E-state index contributed by atoms with van der Waals surface area (Å²) in [5.41, 5.74) is 8.08. The first kappa shape index (κ1) is 16.7. The maximum absolute atomic E-state index is 12.4. The Kier molecular flexibility index (Phi) is 4.48. The number of amidine groups is 1. The van der Waals surface area contributed by atoms with Crippen molar-refractivity contribution in [3.63, 3.8) is 0 Å². The molecule has 1 aromatic heterocycles. The summed E-state index contributed by atoms with van der Waals surface area (Å²) >= 11 is 0. The quantitative estimate of drug-likeness (QED) is 0.514. The molecular formula is C19H18N4O2. The number of ketones is 1. The van der Waals surface area contributed by atoms with E-state index >= 15 is 0 Å². The highest BCUT2D eigenvalue weighted by Crippen LogP contribution is 2.49. The molecule has 1 saturated carbocycles. The summed E-state index contributed by atoms with van der Waals surface area (Å²) < 4.78 is 4.96. The summed E-state index contributed by atoms with van der Waals surface area (Å²) in [5.74, 6) is -0.0913. The molecule has 6 heteroatoms. The minimum Gasteiger partial charge on any atom is -0.469 e. The Morgan fingerprint density at radius 2 is 2.20 bits per heavy atom. The summed E-state index contributed by atoms with van der Waals surface area (Å²) in [6, 6.07) is 13.1. The van der Waals surface area contributed by atoms with Crippen LogP contribution in [0.4, 0.5) is 0 Å². The van der Waals surface area contributed by atoms with E-state index in [9.17, 15) is 4.79 Å². The molecule has 0 aliphatic heterocycles. The molecule has 0 saturated heterocycles. The highest BCUT2D eigenvalue weighted by atomic mass is 16.5. The molecule has 1 aliphatic rings. The number of aliphatic imine (C=N–C) groups is 1. The third-order valence-electron chi connectivity index (χ3n) is 4.26. The summed E-state index contributed by atoms with van der Waals surface area (Å²) in [6.45, 7) is 0. The first-order valence-electron chi connectivity index (χ1n) is 7.94. The number of nitriles is 1. The Morgan fingerprint density at radius 1 is 1.40 bits per heavy atom. The smallest absolute Gasteiger partial charge is 0.282 e. The zero-order valence-electron chi connectivity index (χ0n) is 13.9. The van der Waals surface area contributed by atoms with E-state index in [1.807, 2.05) is 30.3 Å². The molecule has 0 amide bonds. The number of ether oxygens (including phenoxy) is 1. The van der Waals surface area contributed by atoms with Gasteiger partial charge in [0.1, 0.15) is 11.8 Å². The van der Waals surface area contributed by atoms with Gasteiger partial charge in [0, 0.05) is 12.6 Å². The predicted molar refractivity (Wildman–Crippen MR) is 93.0 cm³/mol. The van der Waals surface area contributed by atoms with Crippen molar-refractivity contribution in [2.75, 3.05) is 7.11 Å². The molecular weight excluding hydrogens is 316 g/mol. The van der Waals surface area contributed by atoms with Gasteiger partial charge >= 0.3 is 0 Å². The van der Waals surface area contributed by atoms with Gasteiger partial charge in [0.05, 0.1) is 18.2 Å². The predicted octanol–water partition coefficient (Wildman–Crippen LogP) is 2.33. The van der Waals surface area contributed by atoms with Crippen LogP contribution in [0.2, 0.25) is 0 Å². The second-order valence-electron chi connectivity index (χ2n) is 6.03. The van der Waals surface area contributed by atoms with E-state index in [-0.39, 0.29) is 23.8 Å². The zero-order chi connectivity index (χ0) is 17.9. The minimum absolute atomic E-state index is 0.0913. The second-order valence-corrected chi connectivity index (χ2v) is 6.03. The first-order chi connectivity index (χ1) is 12.1. The van der Waals surface area contributed by atoms with Crippen LogP contribution in [0.15, 0.2) is 47.6 Å². The average Bonchev–Trinajstić information content (AvgIpc) is 3.42. The van der Waals surface area contributed by atoms with E-state index in [2.05, 4.69) is 9.98 Å². The molecule has 1 heterocycles. The molecule has 1 aromatic carbocycles. The monoisotopic (exact) mass is 334 g/mol. The van der Waals surface area contributed by atoms with Crippen molar-refractivity contribution in [2.45, 2.75) is 24.8 Å². The van der Waals surface area contributed by atoms with Crippen LogP contribution in [0.5, 0.6) is 0 Å². The van der Waals surface area contributed by atoms with Gasteiger partial charge in [0.2, 0.25) is 0 Å². The molecule has 2 N–H and O–H groups in total. The van der Waals surface area contributed by atoms with Gasteiger partial charge in [-0.05, 0) is 36.1 Å². The number of benzene rings is 1. The average molecular weight is 334 g/mol. The number of carbonyl (C=O) groups excluding carboxylic acids is 1. The van der Waals surface area contributed by atoms with Crippen molar-refractivity contribution in [1.29, 1.82) is 5.26 Å². The molecule has 6 nitrogen and oxygen atoms in total. The van der Waals surface area contributed by atoms with Gasteiger partial charge in [-0.3, -0.25) is 9.78 Å². The van der Waals surface area contributed by atoms with Gasteiger partial charge in [-0.25, -0.2) is 4.99 Å². The number of nitrogens with two attached hydrogens (primary N) is 1. The fourth-order valence-corrected chi connectivity index (χ4v) is 2.71. The van der Waals surface area contributed by atoms with Crippen LogP contribution in [0.25, 0.3) is 0 Å². The number of Topliss-reactive ketones (excluding diaryl/α,β-unsaturated/α-hetero) is 1. The number of hydrogen-bond donors (Lipinski definition) is 1. The van der Waals surface area contributed by atoms with Crippen LogP contribution in [0, 0.1) is 11.3 Å². The van der Waals surface area contributed by atoms with Crippen molar-refractivity contribution in [2.24, 2.45) is 10.7 Å². The standard InChI is InChI=1S/C19H18N4O2/c1-25-18(21)23-19(7-8-19)15-4-2-3-13(9-15)10-17(24)16-6-5-14(11-20)12-22-16/h2-6,9,12H,7-8,10H2,1H3,(H2,21,23). The minimum atomic E-state index is -0.328. The third kappa shape index (κ3) is 3.66. The van der Waals surface area contributed by atoms with Crippen LogP contribution in [0.3, 0.4) is 0 Å². The highest BCUT2D eigenvalue weighted by Gasteiger charge is 2.45. The normalized spacial score (nSPS) is 15.3.